The van der Waals surface area contributed by atoms with Crippen molar-refractivity contribution >= 4 is 41.2 Å². The zero-order chi connectivity index (χ0) is 22.8. The second-order valence-electron chi connectivity index (χ2n) is 7.79. The number of piperidine rings is 3. The van der Waals surface area contributed by atoms with Gasteiger partial charge in [0.05, 0.1) is 11.0 Å². The molecule has 4 aliphatic rings. The van der Waals surface area contributed by atoms with Gasteiger partial charge in [-0.3, -0.25) is 9.69 Å². The fourth-order valence-corrected chi connectivity index (χ4v) is 5.25. The number of thioether (sulfide) groups is 1. The van der Waals surface area contributed by atoms with Crippen molar-refractivity contribution in [2.75, 3.05) is 19.6 Å². The van der Waals surface area contributed by atoms with E-state index in [1.165, 1.54) is 6.20 Å². The molecule has 3 N–H and O–H groups in total. The van der Waals surface area contributed by atoms with Gasteiger partial charge in [-0.15, -0.1) is 0 Å². The number of carbonyl (C=O) groups excluding carboxylic acids is 1. The molecule has 1 aromatic rings. The molecular weight excluding hydrogens is 458 g/mol. The third kappa shape index (κ3) is 5.03. The highest BCUT2D eigenvalue weighted by atomic mass is 35.5. The van der Waals surface area contributed by atoms with Crippen LogP contribution in [-0.2, 0) is 14.4 Å². The van der Waals surface area contributed by atoms with E-state index in [-0.39, 0.29) is 16.9 Å². The van der Waals surface area contributed by atoms with E-state index in [1.807, 2.05) is 0 Å². The molecule has 0 aliphatic carbocycles. The van der Waals surface area contributed by atoms with Gasteiger partial charge in [0.2, 0.25) is 5.56 Å². The van der Waals surface area contributed by atoms with Crippen molar-refractivity contribution in [2.24, 2.45) is 5.92 Å². The average molecular weight is 480 g/mol. The van der Waals surface area contributed by atoms with Gasteiger partial charge in [0, 0.05) is 23.8 Å². The first-order chi connectivity index (χ1) is 15.3. The van der Waals surface area contributed by atoms with Crippen LogP contribution >= 0.6 is 23.4 Å². The van der Waals surface area contributed by atoms with Crippen LogP contribution in [0, 0.1) is 5.92 Å². The molecule has 0 saturated carbocycles. The Morgan fingerprint density at radius 2 is 1.84 bits per heavy atom. The van der Waals surface area contributed by atoms with Crippen molar-refractivity contribution in [3.8, 4) is 5.75 Å². The lowest BCUT2D eigenvalue weighted by molar-refractivity contribution is -0.136. The van der Waals surface area contributed by atoms with E-state index >= 15 is 0 Å². The number of ether oxygens (including phenoxy) is 1. The maximum Gasteiger partial charge on any atom is 0.352 e. The van der Waals surface area contributed by atoms with Crippen molar-refractivity contribution in [3.05, 3.63) is 52.2 Å². The summed E-state index contributed by atoms with van der Waals surface area (Å²) < 4.78 is 5.87. The fraction of sp³-hybridized carbons (Fsp3) is 0.381. The minimum atomic E-state index is -1.45. The van der Waals surface area contributed by atoms with Gasteiger partial charge < -0.3 is 25.2 Å². The SMILES string of the molecule is O=C(O)/C=C(\C(=O)O)N1C=C(C(=O)N[C@H]2CN3CCC2CC3)SC1Oc1ccc(Cl)cc1. The van der Waals surface area contributed by atoms with E-state index in [9.17, 15) is 19.5 Å². The highest BCUT2D eigenvalue weighted by molar-refractivity contribution is 8.04. The number of carboxylic acids is 2. The van der Waals surface area contributed by atoms with E-state index in [0.717, 1.165) is 49.1 Å². The van der Waals surface area contributed by atoms with E-state index < -0.39 is 23.2 Å². The number of fused-ring (bicyclic) bond motifs is 3. The normalized spacial score (nSPS) is 27.1. The van der Waals surface area contributed by atoms with E-state index in [1.54, 1.807) is 24.3 Å². The molecule has 1 amide bonds. The van der Waals surface area contributed by atoms with Crippen LogP contribution in [0.2, 0.25) is 5.02 Å². The van der Waals surface area contributed by atoms with E-state index in [4.69, 9.17) is 21.4 Å². The predicted molar refractivity (Wildman–Crippen MR) is 118 cm³/mol. The van der Waals surface area contributed by atoms with Gasteiger partial charge in [-0.05, 0) is 56.1 Å². The van der Waals surface area contributed by atoms with Crippen LogP contribution in [0.5, 0.6) is 5.75 Å². The van der Waals surface area contributed by atoms with Crippen molar-refractivity contribution in [3.63, 3.8) is 0 Å². The number of carboxylic acid groups (broad SMARTS) is 2. The van der Waals surface area contributed by atoms with Crippen molar-refractivity contribution < 1.29 is 29.3 Å². The van der Waals surface area contributed by atoms with Crippen LogP contribution in [0.25, 0.3) is 0 Å². The molecule has 2 atom stereocenters. The Morgan fingerprint density at radius 1 is 1.16 bits per heavy atom. The van der Waals surface area contributed by atoms with Crippen molar-refractivity contribution in [1.29, 1.82) is 0 Å². The van der Waals surface area contributed by atoms with E-state index in [0.29, 0.717) is 22.8 Å². The molecule has 11 heteroatoms. The Labute approximate surface area is 193 Å². The van der Waals surface area contributed by atoms with Gasteiger partial charge in [-0.1, -0.05) is 23.4 Å². The lowest BCUT2D eigenvalue weighted by Crippen LogP contribution is -2.57. The van der Waals surface area contributed by atoms with E-state index in [2.05, 4.69) is 10.2 Å². The smallest absolute Gasteiger partial charge is 0.352 e. The average Bonchev–Trinajstić information content (AvgIpc) is 3.18. The second kappa shape index (κ2) is 9.43. The molecule has 0 spiro atoms. The quantitative estimate of drug-likeness (QED) is 0.505. The number of carbonyl (C=O) groups is 3. The molecule has 0 radical (unpaired) electrons. The third-order valence-corrected chi connectivity index (χ3v) is 7.04. The van der Waals surface area contributed by atoms with Gasteiger partial charge in [0.1, 0.15) is 11.4 Å². The number of hydrogen-bond acceptors (Lipinski definition) is 7. The molecule has 3 saturated heterocycles. The summed E-state index contributed by atoms with van der Waals surface area (Å²) in [6.45, 7) is 2.88. The lowest BCUT2D eigenvalue weighted by Gasteiger charge is -2.44. The summed E-state index contributed by atoms with van der Waals surface area (Å²) in [7, 11) is 0. The number of nitrogens with one attached hydrogen (secondary N) is 1. The largest absolute Gasteiger partial charge is 0.478 e. The minimum Gasteiger partial charge on any atom is -0.478 e. The molecular formula is C21H22ClN3O6S. The first-order valence-corrected chi connectivity index (χ1v) is 11.4. The molecule has 3 fully saturated rings. The number of halogens is 1. The Balaban J connectivity index is 1.55. The molecule has 170 valence electrons. The van der Waals surface area contributed by atoms with Gasteiger partial charge in [0.25, 0.3) is 5.91 Å². The summed E-state index contributed by atoms with van der Waals surface area (Å²) in [5, 5.41) is 22.2. The van der Waals surface area contributed by atoms with Crippen LogP contribution < -0.4 is 10.1 Å². The summed E-state index contributed by atoms with van der Waals surface area (Å²) in [4.78, 5) is 39.6. The molecule has 32 heavy (non-hydrogen) atoms. The number of benzene rings is 1. The van der Waals surface area contributed by atoms with Crippen LogP contribution in [0.3, 0.4) is 0 Å². The fourth-order valence-electron chi connectivity index (χ4n) is 4.12. The van der Waals surface area contributed by atoms with Gasteiger partial charge in [0.15, 0.2) is 0 Å². The van der Waals surface area contributed by atoms with Crippen LogP contribution in [0.1, 0.15) is 12.8 Å². The number of rotatable bonds is 7. The summed E-state index contributed by atoms with van der Waals surface area (Å²) in [5.41, 5.74) is -1.50. The number of hydrogen-bond donors (Lipinski definition) is 3. The molecule has 4 heterocycles. The number of amides is 1. The van der Waals surface area contributed by atoms with Crippen molar-refractivity contribution in [2.45, 2.75) is 24.4 Å². The Kier molecular flexibility index (Phi) is 6.63. The monoisotopic (exact) mass is 479 g/mol. The molecule has 1 aromatic carbocycles. The number of nitrogens with zero attached hydrogens (tertiary/aromatic N) is 2. The zero-order valence-corrected chi connectivity index (χ0v) is 18.5. The summed E-state index contributed by atoms with van der Waals surface area (Å²) in [6, 6.07) is 6.47. The van der Waals surface area contributed by atoms with Crippen LogP contribution in [0.15, 0.2) is 47.1 Å². The zero-order valence-electron chi connectivity index (χ0n) is 16.9. The van der Waals surface area contributed by atoms with Crippen LogP contribution in [-0.4, -0.2) is 69.1 Å². The Hall–Kier alpha value is -2.69. The molecule has 4 aliphatic heterocycles. The van der Waals surface area contributed by atoms with Gasteiger partial charge >= 0.3 is 11.9 Å². The molecule has 2 bridgehead atoms. The molecule has 0 aromatic heterocycles. The maximum atomic E-state index is 13.0. The summed E-state index contributed by atoms with van der Waals surface area (Å²) in [5.74, 6) is -2.38. The molecule has 9 nitrogen and oxygen atoms in total. The highest BCUT2D eigenvalue weighted by Crippen LogP contribution is 2.38. The first-order valence-electron chi connectivity index (χ1n) is 10.1. The molecule has 1 unspecified atom stereocenters. The maximum absolute atomic E-state index is 13.0. The lowest BCUT2D eigenvalue weighted by atomic mass is 9.84. The Bertz CT molecular complexity index is 974. The minimum absolute atomic E-state index is 0.0321. The first kappa shape index (κ1) is 22.5. The third-order valence-electron chi connectivity index (χ3n) is 5.72. The number of aliphatic carboxylic acids is 2. The highest BCUT2D eigenvalue weighted by Gasteiger charge is 2.39. The Morgan fingerprint density at radius 3 is 2.41 bits per heavy atom. The predicted octanol–water partition coefficient (Wildman–Crippen LogP) is 2.16. The second-order valence-corrected chi connectivity index (χ2v) is 9.30. The standard InChI is InChI=1S/C21H22ClN3O6S/c22-13-1-3-14(4-2-13)31-21-25(16(20(29)30)9-18(26)27)11-17(32-21)19(28)23-15-10-24-7-5-12(15)6-8-24/h1-4,9,11-12,15,21H,5-8,10H2,(H,23,28)(H,26,27)(H,29,30)/b16-9+/t15-,21?/m0/s1. The van der Waals surface area contributed by atoms with Gasteiger partial charge in [-0.25, -0.2) is 9.59 Å². The summed E-state index contributed by atoms with van der Waals surface area (Å²) >= 11 is 6.92. The molecule has 5 rings (SSSR count). The van der Waals surface area contributed by atoms with Crippen LogP contribution in [0.4, 0.5) is 0 Å². The topological polar surface area (TPSA) is 119 Å². The van der Waals surface area contributed by atoms with Crippen molar-refractivity contribution in [1.82, 2.24) is 15.1 Å². The summed E-state index contributed by atoms with van der Waals surface area (Å²) in [6.07, 6.45) is 3.98. The van der Waals surface area contributed by atoms with Gasteiger partial charge in [-0.2, -0.15) is 0 Å².